The average Bonchev–Trinajstić information content (AvgIpc) is 3.32. The fourth-order valence-electron chi connectivity index (χ4n) is 9.11. The number of hydrogen-bond donors (Lipinski definition) is 0. The molecule has 0 N–H and O–H groups in total. The van der Waals surface area contributed by atoms with Crippen LogP contribution in [0, 0.1) is 6.92 Å². The summed E-state index contributed by atoms with van der Waals surface area (Å²) >= 11 is 0. The molecule has 10 aromatic rings. The number of anilines is 3. The van der Waals surface area contributed by atoms with Gasteiger partial charge < -0.3 is 4.90 Å². The first kappa shape index (κ1) is 37.8. The van der Waals surface area contributed by atoms with E-state index in [0.29, 0.717) is 0 Å². The number of para-hydroxylation sites is 1. The second-order valence-corrected chi connectivity index (χ2v) is 16.0. The molecule has 0 radical (unpaired) electrons. The van der Waals surface area contributed by atoms with Crippen molar-refractivity contribution in [1.82, 2.24) is 0 Å². The molecule has 0 heterocycles. The summed E-state index contributed by atoms with van der Waals surface area (Å²) in [6.07, 6.45) is 2.17. The second kappa shape index (κ2) is 16.6. The Labute approximate surface area is 359 Å². The average molecular weight is 782 g/mol. The molecule has 0 unspecified atom stereocenters. The van der Waals surface area contributed by atoms with Crippen molar-refractivity contribution in [3.05, 3.63) is 236 Å². The molecule has 1 heteroatoms. The van der Waals surface area contributed by atoms with Crippen LogP contribution in [-0.4, -0.2) is 0 Å². The van der Waals surface area contributed by atoms with Crippen LogP contribution in [0.4, 0.5) is 17.1 Å². The predicted octanol–water partition coefficient (Wildman–Crippen LogP) is 17.1. The van der Waals surface area contributed by atoms with E-state index in [4.69, 9.17) is 0 Å². The quantitative estimate of drug-likeness (QED) is 0.134. The lowest BCUT2D eigenvalue weighted by Crippen LogP contribution is -2.10. The standard InChI is InChI=1S/C60H47N/c1-3-15-49-32-30-48-31-33-50(40-59(48)60(49)54-23-12-10-16-42(54)2)43-26-28-47(29-27-43)58-41-53(38-39-57(58)44-17-6-4-7-18-44)61(51-21-8-5-9-22-51)52-36-34-46(35-37-52)56-25-14-20-45-19-11-13-24-55(45)56/h4-14,16-41H,3,15H2,1-2H3. The van der Waals surface area contributed by atoms with Gasteiger partial charge in [0.15, 0.2) is 0 Å². The molecule has 10 rings (SSSR count). The fraction of sp³-hybridized carbons (Fsp3) is 0.0667. The van der Waals surface area contributed by atoms with E-state index in [-0.39, 0.29) is 0 Å². The zero-order chi connectivity index (χ0) is 41.1. The Bertz CT molecular complexity index is 3120. The Morgan fingerprint density at radius 3 is 1.69 bits per heavy atom. The van der Waals surface area contributed by atoms with Crippen LogP contribution in [0.3, 0.4) is 0 Å². The van der Waals surface area contributed by atoms with Gasteiger partial charge in [-0.05, 0) is 144 Å². The lowest BCUT2D eigenvalue weighted by atomic mass is 9.87. The maximum atomic E-state index is 2.41. The minimum absolute atomic E-state index is 1.06. The molecule has 0 bridgehead atoms. The van der Waals surface area contributed by atoms with E-state index in [2.05, 4.69) is 243 Å². The van der Waals surface area contributed by atoms with Crippen LogP contribution in [0.5, 0.6) is 0 Å². The van der Waals surface area contributed by atoms with Crippen LogP contribution >= 0.6 is 0 Å². The number of aryl methyl sites for hydroxylation is 2. The Morgan fingerprint density at radius 1 is 0.344 bits per heavy atom. The molecular formula is C60H47N. The van der Waals surface area contributed by atoms with Gasteiger partial charge >= 0.3 is 0 Å². The van der Waals surface area contributed by atoms with Crippen molar-refractivity contribution in [1.29, 1.82) is 0 Å². The molecule has 0 fully saturated rings. The molecule has 292 valence electrons. The number of rotatable bonds is 10. The number of nitrogens with zero attached hydrogens (tertiary/aromatic N) is 1. The van der Waals surface area contributed by atoms with Crippen LogP contribution in [0.25, 0.3) is 77.2 Å². The number of hydrogen-bond acceptors (Lipinski definition) is 1. The van der Waals surface area contributed by atoms with Crippen molar-refractivity contribution in [3.8, 4) is 55.6 Å². The van der Waals surface area contributed by atoms with Gasteiger partial charge in [-0.25, -0.2) is 0 Å². The smallest absolute Gasteiger partial charge is 0.0468 e. The predicted molar refractivity (Wildman–Crippen MR) is 262 cm³/mol. The summed E-state index contributed by atoms with van der Waals surface area (Å²) in [7, 11) is 0. The Kier molecular flexibility index (Phi) is 10.3. The van der Waals surface area contributed by atoms with Crippen molar-refractivity contribution >= 4 is 38.6 Å². The van der Waals surface area contributed by atoms with Crippen molar-refractivity contribution in [2.75, 3.05) is 4.90 Å². The van der Waals surface area contributed by atoms with Crippen molar-refractivity contribution < 1.29 is 0 Å². The molecule has 0 saturated carbocycles. The summed E-state index contributed by atoms with van der Waals surface area (Å²) in [5.74, 6) is 0. The van der Waals surface area contributed by atoms with Gasteiger partial charge in [-0.1, -0.05) is 195 Å². The lowest BCUT2D eigenvalue weighted by molar-refractivity contribution is 0.925. The van der Waals surface area contributed by atoms with Gasteiger partial charge in [-0.15, -0.1) is 0 Å². The highest BCUT2D eigenvalue weighted by Gasteiger charge is 2.18. The maximum Gasteiger partial charge on any atom is 0.0468 e. The SMILES string of the molecule is CCCc1ccc2ccc(-c3ccc(-c4cc(N(c5ccccc5)c5ccc(-c6cccc7ccccc67)cc5)ccc4-c4ccccc4)cc3)cc2c1-c1ccccc1C. The van der Waals surface area contributed by atoms with Gasteiger partial charge in [-0.2, -0.15) is 0 Å². The van der Waals surface area contributed by atoms with Crippen LogP contribution < -0.4 is 4.90 Å². The highest BCUT2D eigenvalue weighted by Crippen LogP contribution is 2.43. The molecule has 0 aromatic heterocycles. The Balaban J connectivity index is 1.06. The summed E-state index contributed by atoms with van der Waals surface area (Å²) in [5, 5.41) is 5.10. The summed E-state index contributed by atoms with van der Waals surface area (Å²) in [5.41, 5.74) is 18.4. The zero-order valence-electron chi connectivity index (χ0n) is 34.7. The van der Waals surface area contributed by atoms with Crippen LogP contribution in [0.2, 0.25) is 0 Å². The molecule has 0 aliphatic carbocycles. The molecule has 0 spiro atoms. The third-order valence-corrected chi connectivity index (χ3v) is 12.2. The van der Waals surface area contributed by atoms with Crippen LogP contribution in [0.15, 0.2) is 224 Å². The first-order valence-electron chi connectivity index (χ1n) is 21.5. The summed E-state index contributed by atoms with van der Waals surface area (Å²) in [6.45, 7) is 4.50. The van der Waals surface area contributed by atoms with E-state index in [1.165, 1.54) is 88.3 Å². The van der Waals surface area contributed by atoms with Gasteiger partial charge in [-0.3, -0.25) is 0 Å². The van der Waals surface area contributed by atoms with E-state index >= 15 is 0 Å². The highest BCUT2D eigenvalue weighted by molar-refractivity contribution is 6.02. The minimum Gasteiger partial charge on any atom is -0.310 e. The molecule has 0 aliphatic heterocycles. The maximum absolute atomic E-state index is 2.41. The fourth-order valence-corrected chi connectivity index (χ4v) is 9.11. The molecule has 0 aliphatic rings. The second-order valence-electron chi connectivity index (χ2n) is 16.0. The normalized spacial score (nSPS) is 11.2. The molecule has 61 heavy (non-hydrogen) atoms. The molecule has 10 aromatic carbocycles. The van der Waals surface area contributed by atoms with Crippen LogP contribution in [-0.2, 0) is 6.42 Å². The van der Waals surface area contributed by atoms with E-state index in [1.54, 1.807) is 0 Å². The molecule has 0 amide bonds. The zero-order valence-corrected chi connectivity index (χ0v) is 34.7. The van der Waals surface area contributed by atoms with E-state index < -0.39 is 0 Å². The monoisotopic (exact) mass is 781 g/mol. The van der Waals surface area contributed by atoms with E-state index in [9.17, 15) is 0 Å². The van der Waals surface area contributed by atoms with Gasteiger partial charge in [0, 0.05) is 17.1 Å². The van der Waals surface area contributed by atoms with Gasteiger partial charge in [0.25, 0.3) is 0 Å². The first-order valence-corrected chi connectivity index (χ1v) is 21.5. The number of fused-ring (bicyclic) bond motifs is 2. The molecule has 0 saturated heterocycles. The largest absolute Gasteiger partial charge is 0.310 e. The third kappa shape index (κ3) is 7.41. The molecular weight excluding hydrogens is 735 g/mol. The first-order chi connectivity index (χ1) is 30.1. The van der Waals surface area contributed by atoms with Gasteiger partial charge in [0.05, 0.1) is 0 Å². The summed E-state index contributed by atoms with van der Waals surface area (Å²) in [6, 6.07) is 82.2. The Hall–Kier alpha value is -7.48. The van der Waals surface area contributed by atoms with E-state index in [1.807, 2.05) is 0 Å². The summed E-state index contributed by atoms with van der Waals surface area (Å²) in [4.78, 5) is 2.37. The van der Waals surface area contributed by atoms with E-state index in [0.717, 1.165) is 29.9 Å². The third-order valence-electron chi connectivity index (χ3n) is 12.2. The minimum atomic E-state index is 1.06. The van der Waals surface area contributed by atoms with Crippen molar-refractivity contribution in [2.24, 2.45) is 0 Å². The van der Waals surface area contributed by atoms with Crippen molar-refractivity contribution in [2.45, 2.75) is 26.7 Å². The van der Waals surface area contributed by atoms with Gasteiger partial charge in [0.2, 0.25) is 0 Å². The van der Waals surface area contributed by atoms with Crippen LogP contribution in [0.1, 0.15) is 24.5 Å². The summed E-state index contributed by atoms with van der Waals surface area (Å²) < 4.78 is 0. The topological polar surface area (TPSA) is 3.24 Å². The highest BCUT2D eigenvalue weighted by atomic mass is 15.1. The molecule has 1 nitrogen and oxygen atoms in total. The van der Waals surface area contributed by atoms with Gasteiger partial charge in [0.1, 0.15) is 0 Å². The Morgan fingerprint density at radius 2 is 0.902 bits per heavy atom. The number of benzene rings is 10. The molecule has 0 atom stereocenters. The van der Waals surface area contributed by atoms with Crippen molar-refractivity contribution in [3.63, 3.8) is 0 Å². The lowest BCUT2D eigenvalue weighted by Gasteiger charge is -2.27.